The molecule has 28 heavy (non-hydrogen) atoms. The summed E-state index contributed by atoms with van der Waals surface area (Å²) in [5, 5.41) is 0. The highest BCUT2D eigenvalue weighted by Gasteiger charge is 2.21. The van der Waals surface area contributed by atoms with Gasteiger partial charge in [0, 0.05) is 44.0 Å². The van der Waals surface area contributed by atoms with Crippen molar-refractivity contribution < 1.29 is 4.74 Å². The summed E-state index contributed by atoms with van der Waals surface area (Å²) in [6.45, 7) is 6.31. The lowest BCUT2D eigenvalue weighted by molar-refractivity contribution is 0.238. The lowest BCUT2D eigenvalue weighted by Gasteiger charge is -2.27. The van der Waals surface area contributed by atoms with Crippen LogP contribution >= 0.6 is 0 Å². The zero-order valence-corrected chi connectivity index (χ0v) is 16.2. The summed E-state index contributed by atoms with van der Waals surface area (Å²) in [5.74, 6) is 1.47. The highest BCUT2D eigenvalue weighted by molar-refractivity contribution is 5.53. The van der Waals surface area contributed by atoms with Crippen LogP contribution in [0.25, 0.3) is 11.4 Å². The molecule has 0 spiro atoms. The van der Waals surface area contributed by atoms with E-state index in [0.29, 0.717) is 12.4 Å². The molecule has 0 saturated carbocycles. The largest absolute Gasteiger partial charge is 0.491 e. The Hall–Kier alpha value is -2.99. The first-order valence-electron chi connectivity index (χ1n) is 9.59. The van der Waals surface area contributed by atoms with Crippen LogP contribution in [-0.2, 0) is 19.5 Å². The molecular weight excluding hydrogens is 352 g/mol. The van der Waals surface area contributed by atoms with Crippen LogP contribution in [0.5, 0.6) is 5.75 Å². The van der Waals surface area contributed by atoms with Crippen LogP contribution < -0.4 is 10.3 Å². The molecule has 0 bridgehead atoms. The molecule has 2 aromatic heterocycles. The fourth-order valence-electron chi connectivity index (χ4n) is 3.46. The first kappa shape index (κ1) is 18.4. The standard InChI is InChI=1S/C22H24N4O2/c1-15(2)28-18-7-5-16(6-8-18)13-26-11-9-20-19(14-26)22(27)25-21(24-20)17-4-3-10-23-12-17/h3-8,10,12,15H,9,11,13-14H2,1-2H3,(H,24,25,27). The summed E-state index contributed by atoms with van der Waals surface area (Å²) in [6, 6.07) is 11.9. The number of aromatic nitrogens is 3. The molecule has 0 radical (unpaired) electrons. The number of aromatic amines is 1. The van der Waals surface area contributed by atoms with Gasteiger partial charge in [0.05, 0.1) is 17.4 Å². The van der Waals surface area contributed by atoms with Crippen LogP contribution in [0.15, 0.2) is 53.6 Å². The van der Waals surface area contributed by atoms with E-state index in [2.05, 4.69) is 32.0 Å². The fraction of sp³-hybridized carbons (Fsp3) is 0.318. The van der Waals surface area contributed by atoms with Crippen LogP contribution in [0.3, 0.4) is 0 Å². The molecule has 0 unspecified atom stereocenters. The average molecular weight is 376 g/mol. The quantitative estimate of drug-likeness (QED) is 0.741. The molecule has 0 atom stereocenters. The van der Waals surface area contributed by atoms with E-state index in [9.17, 15) is 4.79 Å². The summed E-state index contributed by atoms with van der Waals surface area (Å²) >= 11 is 0. The Morgan fingerprint density at radius 2 is 2.04 bits per heavy atom. The Morgan fingerprint density at radius 3 is 2.75 bits per heavy atom. The van der Waals surface area contributed by atoms with Crippen molar-refractivity contribution in [3.8, 4) is 17.1 Å². The maximum absolute atomic E-state index is 12.6. The van der Waals surface area contributed by atoms with Crippen molar-refractivity contribution in [1.82, 2.24) is 19.9 Å². The van der Waals surface area contributed by atoms with E-state index in [0.717, 1.165) is 42.1 Å². The Balaban J connectivity index is 1.48. The average Bonchev–Trinajstić information content (AvgIpc) is 2.70. The van der Waals surface area contributed by atoms with Crippen molar-refractivity contribution >= 4 is 0 Å². The summed E-state index contributed by atoms with van der Waals surface area (Å²) < 4.78 is 5.70. The monoisotopic (exact) mass is 376 g/mol. The molecule has 0 aliphatic carbocycles. The zero-order valence-electron chi connectivity index (χ0n) is 16.2. The number of nitrogens with one attached hydrogen (secondary N) is 1. The Kier molecular flexibility index (Phi) is 5.21. The summed E-state index contributed by atoms with van der Waals surface area (Å²) in [7, 11) is 0. The molecule has 3 aromatic rings. The van der Waals surface area contributed by atoms with Gasteiger partial charge in [-0.05, 0) is 43.7 Å². The third kappa shape index (κ3) is 4.12. The molecule has 144 valence electrons. The second-order valence-corrected chi connectivity index (χ2v) is 7.35. The van der Waals surface area contributed by atoms with Crippen LogP contribution in [-0.4, -0.2) is 32.5 Å². The predicted octanol–water partition coefficient (Wildman–Crippen LogP) is 3.18. The second kappa shape index (κ2) is 7.94. The summed E-state index contributed by atoms with van der Waals surface area (Å²) in [6.07, 6.45) is 4.35. The van der Waals surface area contributed by atoms with Gasteiger partial charge in [0.25, 0.3) is 5.56 Å². The Morgan fingerprint density at radius 1 is 1.21 bits per heavy atom. The van der Waals surface area contributed by atoms with E-state index in [1.165, 1.54) is 5.56 Å². The number of benzene rings is 1. The summed E-state index contributed by atoms with van der Waals surface area (Å²) in [4.78, 5) is 26.6. The van der Waals surface area contributed by atoms with Crippen LogP contribution in [0.4, 0.5) is 0 Å². The van der Waals surface area contributed by atoms with E-state index in [1.54, 1.807) is 12.4 Å². The van der Waals surface area contributed by atoms with Gasteiger partial charge >= 0.3 is 0 Å². The van der Waals surface area contributed by atoms with Gasteiger partial charge in [-0.2, -0.15) is 0 Å². The number of ether oxygens (including phenoxy) is 1. The van der Waals surface area contributed by atoms with E-state index in [4.69, 9.17) is 4.74 Å². The molecule has 0 saturated heterocycles. The van der Waals surface area contributed by atoms with Crippen molar-refractivity contribution in [3.05, 3.63) is 76.0 Å². The van der Waals surface area contributed by atoms with Gasteiger partial charge in [-0.15, -0.1) is 0 Å². The highest BCUT2D eigenvalue weighted by atomic mass is 16.5. The van der Waals surface area contributed by atoms with E-state index < -0.39 is 0 Å². The van der Waals surface area contributed by atoms with Gasteiger partial charge in [0.15, 0.2) is 0 Å². The van der Waals surface area contributed by atoms with Gasteiger partial charge in [-0.1, -0.05) is 12.1 Å². The topological polar surface area (TPSA) is 71.1 Å². The lowest BCUT2D eigenvalue weighted by Crippen LogP contribution is -2.35. The van der Waals surface area contributed by atoms with Crippen LogP contribution in [0, 0.1) is 0 Å². The number of pyridine rings is 1. The lowest BCUT2D eigenvalue weighted by atomic mass is 10.1. The molecule has 0 amide bonds. The second-order valence-electron chi connectivity index (χ2n) is 7.35. The number of fused-ring (bicyclic) bond motifs is 1. The van der Waals surface area contributed by atoms with Gasteiger partial charge in [0.1, 0.15) is 11.6 Å². The minimum Gasteiger partial charge on any atom is -0.491 e. The van der Waals surface area contributed by atoms with Crippen molar-refractivity contribution in [2.75, 3.05) is 6.54 Å². The van der Waals surface area contributed by atoms with E-state index in [1.807, 2.05) is 38.1 Å². The predicted molar refractivity (Wildman–Crippen MR) is 108 cm³/mol. The van der Waals surface area contributed by atoms with Crippen molar-refractivity contribution in [2.45, 2.75) is 39.5 Å². The van der Waals surface area contributed by atoms with Gasteiger partial charge in [0.2, 0.25) is 0 Å². The molecule has 4 rings (SSSR count). The highest BCUT2D eigenvalue weighted by Crippen LogP contribution is 2.20. The zero-order chi connectivity index (χ0) is 19.5. The minimum atomic E-state index is -0.0609. The van der Waals surface area contributed by atoms with E-state index >= 15 is 0 Å². The molecule has 1 N–H and O–H groups in total. The Bertz CT molecular complexity index is 997. The number of H-pyrrole nitrogens is 1. The maximum Gasteiger partial charge on any atom is 0.255 e. The number of nitrogens with zero attached hydrogens (tertiary/aromatic N) is 3. The molecular formula is C22H24N4O2. The minimum absolute atomic E-state index is 0.0609. The molecule has 6 nitrogen and oxygen atoms in total. The first-order chi connectivity index (χ1) is 13.6. The van der Waals surface area contributed by atoms with Gasteiger partial charge in [-0.3, -0.25) is 14.7 Å². The fourth-order valence-corrected chi connectivity index (χ4v) is 3.46. The van der Waals surface area contributed by atoms with Gasteiger partial charge in [-0.25, -0.2) is 4.98 Å². The van der Waals surface area contributed by atoms with Crippen LogP contribution in [0.2, 0.25) is 0 Å². The summed E-state index contributed by atoms with van der Waals surface area (Å²) in [5.41, 5.74) is 3.62. The van der Waals surface area contributed by atoms with Crippen molar-refractivity contribution in [2.24, 2.45) is 0 Å². The number of hydrogen-bond donors (Lipinski definition) is 1. The normalized spacial score (nSPS) is 14.1. The smallest absolute Gasteiger partial charge is 0.255 e. The maximum atomic E-state index is 12.6. The van der Waals surface area contributed by atoms with E-state index in [-0.39, 0.29) is 11.7 Å². The molecule has 1 aliphatic rings. The van der Waals surface area contributed by atoms with Gasteiger partial charge < -0.3 is 9.72 Å². The molecule has 3 heterocycles. The SMILES string of the molecule is CC(C)Oc1ccc(CN2CCc3nc(-c4cccnc4)[nH]c(=O)c3C2)cc1. The van der Waals surface area contributed by atoms with Crippen molar-refractivity contribution in [1.29, 1.82) is 0 Å². The first-order valence-corrected chi connectivity index (χ1v) is 9.59. The Labute approximate surface area is 164 Å². The van der Waals surface area contributed by atoms with Crippen molar-refractivity contribution in [3.63, 3.8) is 0 Å². The molecule has 1 aliphatic heterocycles. The molecule has 0 fully saturated rings. The third-order valence-corrected chi connectivity index (χ3v) is 4.78. The number of hydrogen-bond acceptors (Lipinski definition) is 5. The van der Waals surface area contributed by atoms with Crippen LogP contribution in [0.1, 0.15) is 30.7 Å². The molecule has 1 aromatic carbocycles. The molecule has 6 heteroatoms. The number of rotatable bonds is 5. The third-order valence-electron chi connectivity index (χ3n) is 4.78.